The molecule has 1 N–H and O–H groups in total. The van der Waals surface area contributed by atoms with E-state index in [1.54, 1.807) is 24.0 Å². The Labute approximate surface area is 196 Å². The van der Waals surface area contributed by atoms with Crippen molar-refractivity contribution < 1.29 is 9.84 Å². The molecule has 0 bridgehead atoms. The molecule has 0 aliphatic carbocycles. The number of ether oxygens (including phenoxy) is 1. The highest BCUT2D eigenvalue weighted by atomic mass is 16.5. The molecule has 0 fully saturated rings. The Bertz CT molecular complexity index is 1530. The van der Waals surface area contributed by atoms with Crippen LogP contribution in [0, 0.1) is 0 Å². The van der Waals surface area contributed by atoms with E-state index in [-0.39, 0.29) is 12.2 Å². The van der Waals surface area contributed by atoms with E-state index in [1.807, 2.05) is 67.8 Å². The van der Waals surface area contributed by atoms with Crippen LogP contribution in [0.1, 0.15) is 11.1 Å². The van der Waals surface area contributed by atoms with E-state index in [4.69, 9.17) is 9.72 Å². The van der Waals surface area contributed by atoms with Gasteiger partial charge < -0.3 is 14.4 Å². The standard InChI is InChI=1S/C27H24N4O3/c1-30-14-21(11-12-25(30)33)23-15-31(2)29-27(23)34-17-18-7-9-19(10-8-18)26-22(16-32)13-20-5-3-4-6-24(20)28-26/h3-15,32H,16-17H2,1-2H3. The van der Waals surface area contributed by atoms with Gasteiger partial charge in [0.1, 0.15) is 6.61 Å². The number of hydrogen-bond acceptors (Lipinski definition) is 5. The summed E-state index contributed by atoms with van der Waals surface area (Å²) >= 11 is 0. The van der Waals surface area contributed by atoms with Gasteiger partial charge in [0, 0.05) is 54.6 Å². The summed E-state index contributed by atoms with van der Waals surface area (Å²) in [6.07, 6.45) is 3.65. The van der Waals surface area contributed by atoms with Crippen LogP contribution in [0.25, 0.3) is 33.3 Å². The molecule has 0 aliphatic rings. The van der Waals surface area contributed by atoms with Crippen LogP contribution < -0.4 is 10.3 Å². The van der Waals surface area contributed by atoms with Crippen molar-refractivity contribution in [2.75, 3.05) is 0 Å². The normalized spacial score (nSPS) is 11.1. The second-order valence-electron chi connectivity index (χ2n) is 8.22. The Kier molecular flexibility index (Phi) is 5.69. The number of aryl methyl sites for hydroxylation is 2. The third-order valence-electron chi connectivity index (χ3n) is 5.77. The lowest BCUT2D eigenvalue weighted by molar-refractivity contribution is 0.282. The lowest BCUT2D eigenvalue weighted by Crippen LogP contribution is -2.13. The first-order valence-corrected chi connectivity index (χ1v) is 10.9. The Morgan fingerprint density at radius 1 is 0.941 bits per heavy atom. The second kappa shape index (κ2) is 8.96. The summed E-state index contributed by atoms with van der Waals surface area (Å²) in [6, 6.07) is 21.1. The van der Waals surface area contributed by atoms with Gasteiger partial charge in [-0.1, -0.05) is 42.5 Å². The van der Waals surface area contributed by atoms with Crippen molar-refractivity contribution in [1.29, 1.82) is 0 Å². The first-order chi connectivity index (χ1) is 16.5. The third kappa shape index (κ3) is 4.21. The number of hydrogen-bond donors (Lipinski definition) is 1. The lowest BCUT2D eigenvalue weighted by Gasteiger charge is -2.11. The fourth-order valence-corrected chi connectivity index (χ4v) is 3.97. The van der Waals surface area contributed by atoms with Crippen molar-refractivity contribution in [3.63, 3.8) is 0 Å². The van der Waals surface area contributed by atoms with E-state index in [2.05, 4.69) is 5.10 Å². The fraction of sp³-hybridized carbons (Fsp3) is 0.148. The molecule has 3 heterocycles. The van der Waals surface area contributed by atoms with E-state index >= 15 is 0 Å². The van der Waals surface area contributed by atoms with Crippen LogP contribution in [-0.4, -0.2) is 24.4 Å². The monoisotopic (exact) mass is 452 g/mol. The van der Waals surface area contributed by atoms with Crippen molar-refractivity contribution in [1.82, 2.24) is 19.3 Å². The largest absolute Gasteiger partial charge is 0.471 e. The summed E-state index contributed by atoms with van der Waals surface area (Å²) in [4.78, 5) is 16.5. The van der Waals surface area contributed by atoms with E-state index in [0.717, 1.165) is 44.4 Å². The zero-order chi connectivity index (χ0) is 23.7. The van der Waals surface area contributed by atoms with Gasteiger partial charge in [-0.25, -0.2) is 4.98 Å². The number of pyridine rings is 2. The quantitative estimate of drug-likeness (QED) is 0.420. The molecule has 0 saturated carbocycles. The molecule has 170 valence electrons. The van der Waals surface area contributed by atoms with Gasteiger partial charge in [-0.3, -0.25) is 9.48 Å². The van der Waals surface area contributed by atoms with Crippen LogP contribution in [0.2, 0.25) is 0 Å². The van der Waals surface area contributed by atoms with Crippen LogP contribution in [0.3, 0.4) is 0 Å². The highest BCUT2D eigenvalue weighted by molar-refractivity contribution is 5.83. The lowest BCUT2D eigenvalue weighted by atomic mass is 10.0. The number of fused-ring (bicyclic) bond motifs is 1. The second-order valence-corrected chi connectivity index (χ2v) is 8.22. The van der Waals surface area contributed by atoms with Gasteiger partial charge in [0.15, 0.2) is 0 Å². The zero-order valence-corrected chi connectivity index (χ0v) is 19.0. The summed E-state index contributed by atoms with van der Waals surface area (Å²) in [6.45, 7) is 0.264. The Hall–Kier alpha value is -4.23. The maximum Gasteiger partial charge on any atom is 0.250 e. The summed E-state index contributed by atoms with van der Waals surface area (Å²) in [7, 11) is 3.55. The van der Waals surface area contributed by atoms with Gasteiger partial charge in [0.25, 0.3) is 0 Å². The smallest absolute Gasteiger partial charge is 0.250 e. The van der Waals surface area contributed by atoms with Gasteiger partial charge in [0.05, 0.1) is 23.4 Å². The number of benzene rings is 2. The van der Waals surface area contributed by atoms with Gasteiger partial charge in [-0.2, -0.15) is 0 Å². The molecule has 7 nitrogen and oxygen atoms in total. The Balaban J connectivity index is 1.38. The molecule has 0 atom stereocenters. The van der Waals surface area contributed by atoms with E-state index in [9.17, 15) is 9.90 Å². The molecule has 5 rings (SSSR count). The molecule has 0 unspecified atom stereocenters. The van der Waals surface area contributed by atoms with Crippen molar-refractivity contribution >= 4 is 10.9 Å². The van der Waals surface area contributed by atoms with Gasteiger partial charge in [-0.15, -0.1) is 5.10 Å². The average molecular weight is 453 g/mol. The van der Waals surface area contributed by atoms with Gasteiger partial charge >= 0.3 is 0 Å². The number of para-hydroxylation sites is 1. The van der Waals surface area contributed by atoms with E-state index in [1.165, 1.54) is 10.6 Å². The first kappa shape index (κ1) is 21.6. The topological polar surface area (TPSA) is 82.2 Å². The molecule has 2 aromatic carbocycles. The van der Waals surface area contributed by atoms with Gasteiger partial charge in [0.2, 0.25) is 11.4 Å². The number of aromatic nitrogens is 4. The molecule has 0 spiro atoms. The number of aliphatic hydroxyl groups is 1. The molecule has 0 radical (unpaired) electrons. The van der Waals surface area contributed by atoms with Crippen molar-refractivity contribution in [2.45, 2.75) is 13.2 Å². The summed E-state index contributed by atoms with van der Waals surface area (Å²) < 4.78 is 9.27. The molecule has 3 aromatic heterocycles. The Morgan fingerprint density at radius 3 is 2.47 bits per heavy atom. The number of nitrogens with zero attached hydrogens (tertiary/aromatic N) is 4. The van der Waals surface area contributed by atoms with Crippen LogP contribution in [0.4, 0.5) is 0 Å². The van der Waals surface area contributed by atoms with E-state index in [0.29, 0.717) is 12.5 Å². The first-order valence-electron chi connectivity index (χ1n) is 10.9. The summed E-state index contributed by atoms with van der Waals surface area (Å²) in [5.41, 5.74) is 5.98. The maximum atomic E-state index is 11.7. The molecule has 0 amide bonds. The fourth-order valence-electron chi connectivity index (χ4n) is 3.97. The van der Waals surface area contributed by atoms with Gasteiger partial charge in [-0.05, 0) is 23.8 Å². The zero-order valence-electron chi connectivity index (χ0n) is 19.0. The van der Waals surface area contributed by atoms with Crippen LogP contribution >= 0.6 is 0 Å². The van der Waals surface area contributed by atoms with Crippen molar-refractivity contribution in [3.05, 3.63) is 101 Å². The Morgan fingerprint density at radius 2 is 1.71 bits per heavy atom. The minimum Gasteiger partial charge on any atom is -0.471 e. The molecule has 0 saturated heterocycles. The van der Waals surface area contributed by atoms with Crippen LogP contribution in [0.15, 0.2) is 83.9 Å². The van der Waals surface area contributed by atoms with E-state index < -0.39 is 0 Å². The number of rotatable bonds is 6. The molecular weight excluding hydrogens is 428 g/mol. The molecule has 5 aromatic rings. The summed E-state index contributed by atoms with van der Waals surface area (Å²) in [5, 5.41) is 15.3. The minimum absolute atomic E-state index is 0.0690. The predicted octanol–water partition coefficient (Wildman–Crippen LogP) is 4.07. The highest BCUT2D eigenvalue weighted by Gasteiger charge is 2.13. The molecule has 0 aliphatic heterocycles. The summed E-state index contributed by atoms with van der Waals surface area (Å²) in [5.74, 6) is 0.504. The molecule has 7 heteroatoms. The minimum atomic E-state index is -0.0778. The SMILES string of the molecule is Cn1cc(-c2ccc(=O)n(C)c2)c(OCc2ccc(-c3nc4ccccc4cc3CO)cc2)n1. The van der Waals surface area contributed by atoms with Crippen LogP contribution in [-0.2, 0) is 27.3 Å². The highest BCUT2D eigenvalue weighted by Crippen LogP contribution is 2.29. The molecular formula is C27H24N4O3. The number of aliphatic hydroxyl groups excluding tert-OH is 1. The molecule has 34 heavy (non-hydrogen) atoms. The van der Waals surface area contributed by atoms with Crippen molar-refractivity contribution in [2.24, 2.45) is 14.1 Å². The predicted molar refractivity (Wildman–Crippen MR) is 131 cm³/mol. The maximum absolute atomic E-state index is 11.7. The average Bonchev–Trinajstić information content (AvgIpc) is 3.24. The van der Waals surface area contributed by atoms with Crippen molar-refractivity contribution in [3.8, 4) is 28.3 Å². The third-order valence-corrected chi connectivity index (χ3v) is 5.77. The van der Waals surface area contributed by atoms with Crippen LogP contribution in [0.5, 0.6) is 5.88 Å².